The fourth-order valence-electron chi connectivity index (χ4n) is 7.22. The molecule has 1 N–H and O–H groups in total. The van der Waals surface area contributed by atoms with Crippen LogP contribution in [0.3, 0.4) is 0 Å². The number of hydrogen-bond acceptors (Lipinski definition) is 5. The number of carbonyl (C=O) groups excluding carboxylic acids is 1. The molecule has 4 aliphatic carbocycles. The van der Waals surface area contributed by atoms with Crippen molar-refractivity contribution in [3.63, 3.8) is 0 Å². The molecular weight excluding hydrogens is 362 g/mol. The van der Waals surface area contributed by atoms with Gasteiger partial charge < -0.3 is 5.21 Å². The predicted molar refractivity (Wildman–Crippen MR) is 111 cm³/mol. The van der Waals surface area contributed by atoms with E-state index in [1.807, 2.05) is 0 Å². The molecule has 0 bridgehead atoms. The van der Waals surface area contributed by atoms with Gasteiger partial charge in [-0.15, -0.1) is 0 Å². The average Bonchev–Trinajstić information content (AvgIpc) is 2.89. The van der Waals surface area contributed by atoms with Gasteiger partial charge in [-0.1, -0.05) is 31.0 Å². The number of carbonyl (C=O) groups is 1. The monoisotopic (exact) mass is 393 g/mol. The molecule has 26 heavy (non-hydrogen) atoms. The summed E-state index contributed by atoms with van der Waals surface area (Å²) in [5.74, 6) is 2.29. The van der Waals surface area contributed by atoms with Crippen LogP contribution in [0.25, 0.3) is 0 Å². The maximum atomic E-state index is 12.6. The van der Waals surface area contributed by atoms with Crippen LogP contribution in [-0.2, 0) is 4.79 Å². The Kier molecular flexibility index (Phi) is 4.58. The zero-order valence-corrected chi connectivity index (χ0v) is 17.7. The lowest BCUT2D eigenvalue weighted by molar-refractivity contribution is -0.132. The summed E-state index contributed by atoms with van der Waals surface area (Å²) in [5.41, 5.74) is 2.05. The lowest BCUT2D eigenvalue weighted by atomic mass is 9.46. The summed E-state index contributed by atoms with van der Waals surface area (Å²) in [6, 6.07) is 0. The molecule has 5 heteroatoms. The second kappa shape index (κ2) is 6.30. The van der Waals surface area contributed by atoms with Crippen LogP contribution in [0.1, 0.15) is 71.6 Å². The van der Waals surface area contributed by atoms with E-state index in [0.717, 1.165) is 51.4 Å². The second-order valence-electron chi connectivity index (χ2n) is 9.39. The molecule has 5 atom stereocenters. The van der Waals surface area contributed by atoms with E-state index < -0.39 is 4.08 Å². The number of Topliss-reactive ketones (excluding diaryl/α,β-unsaturated/α-hetero) is 1. The van der Waals surface area contributed by atoms with Gasteiger partial charge in [-0.2, -0.15) is 25.3 Å². The van der Waals surface area contributed by atoms with Crippen molar-refractivity contribution in [2.45, 2.75) is 75.7 Å². The van der Waals surface area contributed by atoms with Crippen molar-refractivity contribution in [1.82, 2.24) is 0 Å². The first kappa shape index (κ1) is 18.9. The molecule has 0 heterocycles. The summed E-state index contributed by atoms with van der Waals surface area (Å²) in [5, 5.41) is 13.0. The molecule has 0 saturated heterocycles. The summed E-state index contributed by atoms with van der Waals surface area (Å²) >= 11 is 9.59. The van der Waals surface area contributed by atoms with Gasteiger partial charge in [-0.05, 0) is 74.2 Å². The van der Waals surface area contributed by atoms with Crippen LogP contribution in [0.15, 0.2) is 16.8 Å². The third-order valence-electron chi connectivity index (χ3n) is 8.33. The Bertz CT molecular complexity index is 685. The summed E-state index contributed by atoms with van der Waals surface area (Å²) in [4.78, 5) is 12.6. The highest BCUT2D eigenvalue weighted by Gasteiger charge is 2.61. The summed E-state index contributed by atoms with van der Waals surface area (Å²) < 4.78 is -0.693. The molecular formula is C21H31NO2S2. The number of thiol groups is 2. The largest absolute Gasteiger partial charge is 0.411 e. The zero-order valence-electron chi connectivity index (χ0n) is 15.9. The van der Waals surface area contributed by atoms with Gasteiger partial charge >= 0.3 is 0 Å². The quantitative estimate of drug-likeness (QED) is 0.258. The van der Waals surface area contributed by atoms with Gasteiger partial charge in [-0.25, -0.2) is 0 Å². The predicted octanol–water partition coefficient (Wildman–Crippen LogP) is 5.29. The van der Waals surface area contributed by atoms with Crippen molar-refractivity contribution >= 4 is 36.8 Å². The average molecular weight is 394 g/mol. The molecule has 4 aliphatic rings. The van der Waals surface area contributed by atoms with Crippen LogP contribution in [-0.4, -0.2) is 20.8 Å². The van der Waals surface area contributed by atoms with Crippen molar-refractivity contribution in [2.75, 3.05) is 0 Å². The van der Waals surface area contributed by atoms with Crippen LogP contribution in [0.2, 0.25) is 0 Å². The number of allylic oxidation sites excluding steroid dienone is 2. The van der Waals surface area contributed by atoms with Crippen molar-refractivity contribution < 1.29 is 10.0 Å². The first-order chi connectivity index (χ1) is 12.3. The van der Waals surface area contributed by atoms with Crippen LogP contribution in [0.5, 0.6) is 0 Å². The summed E-state index contributed by atoms with van der Waals surface area (Å²) in [6.07, 6.45) is 11.4. The number of rotatable bonds is 2. The van der Waals surface area contributed by atoms with Crippen molar-refractivity contribution in [2.24, 2.45) is 33.7 Å². The Labute approximate surface area is 167 Å². The van der Waals surface area contributed by atoms with E-state index in [2.05, 4.69) is 25.1 Å². The maximum Gasteiger partial charge on any atom is 0.139 e. The molecule has 3 fully saturated rings. The fraction of sp³-hybridized carbons (Fsp3) is 0.810. The SMILES string of the molecule is CCC[C@]12CC(S)(S)C(=NO)C=C1CC[C@@H]1[C@@H]2CC[C@]2(C)C(=O)CC[C@@H]12. The molecule has 0 amide bonds. The molecule has 0 radical (unpaired) electrons. The van der Waals surface area contributed by atoms with E-state index in [9.17, 15) is 10.0 Å². The highest BCUT2D eigenvalue weighted by molar-refractivity contribution is 8.02. The van der Waals surface area contributed by atoms with E-state index in [1.54, 1.807) is 0 Å². The maximum absolute atomic E-state index is 12.6. The highest BCUT2D eigenvalue weighted by Crippen LogP contribution is 2.67. The van der Waals surface area contributed by atoms with Gasteiger partial charge in [0.2, 0.25) is 0 Å². The molecule has 0 aliphatic heterocycles. The zero-order chi connectivity index (χ0) is 18.7. The van der Waals surface area contributed by atoms with Crippen LogP contribution < -0.4 is 0 Å². The van der Waals surface area contributed by atoms with E-state index >= 15 is 0 Å². The standard InChI is InChI=1S/C21H31NO2S2/c1-3-9-20-12-21(25,26)17(22-24)11-13(20)4-5-14-15-6-7-18(23)19(15,2)10-8-16(14)20/h11,14-16,24-26H,3-10,12H2,1-2H3/t14-,15-,16-,19-,20-/m0/s1. The van der Waals surface area contributed by atoms with Gasteiger partial charge in [0.1, 0.15) is 15.6 Å². The Balaban J connectivity index is 1.77. The lowest BCUT2D eigenvalue weighted by Gasteiger charge is -2.59. The molecule has 3 nitrogen and oxygen atoms in total. The summed E-state index contributed by atoms with van der Waals surface area (Å²) in [7, 11) is 0. The molecule has 0 spiro atoms. The minimum Gasteiger partial charge on any atom is -0.411 e. The Hall–Kier alpha value is -0.420. The van der Waals surface area contributed by atoms with Gasteiger partial charge in [0.05, 0.1) is 0 Å². The van der Waals surface area contributed by atoms with Gasteiger partial charge in [0.25, 0.3) is 0 Å². The number of nitrogens with zero attached hydrogens (tertiary/aromatic N) is 1. The van der Waals surface area contributed by atoms with Crippen LogP contribution in [0.4, 0.5) is 0 Å². The van der Waals surface area contributed by atoms with E-state index in [4.69, 9.17) is 25.3 Å². The van der Waals surface area contributed by atoms with Gasteiger partial charge in [-0.3, -0.25) is 4.79 Å². The Morgan fingerprint density at radius 1 is 1.23 bits per heavy atom. The van der Waals surface area contributed by atoms with Crippen LogP contribution >= 0.6 is 25.3 Å². The second-order valence-corrected chi connectivity index (χ2v) is 11.3. The minimum atomic E-state index is -0.693. The van der Waals surface area contributed by atoms with Crippen molar-refractivity contribution in [3.05, 3.63) is 11.6 Å². The smallest absolute Gasteiger partial charge is 0.139 e. The first-order valence-corrected chi connectivity index (χ1v) is 11.1. The molecule has 3 saturated carbocycles. The first-order valence-electron chi connectivity index (χ1n) is 10.2. The van der Waals surface area contributed by atoms with Gasteiger partial charge in [0, 0.05) is 11.8 Å². The number of hydrogen-bond donors (Lipinski definition) is 3. The molecule has 0 aromatic rings. The van der Waals surface area contributed by atoms with Gasteiger partial charge in [0.15, 0.2) is 0 Å². The fourth-order valence-corrected chi connectivity index (χ4v) is 8.00. The van der Waals surface area contributed by atoms with E-state index in [1.165, 1.54) is 12.0 Å². The number of oxime groups is 1. The molecule has 4 rings (SSSR count). The van der Waals surface area contributed by atoms with E-state index in [-0.39, 0.29) is 10.8 Å². The van der Waals surface area contributed by atoms with E-state index in [0.29, 0.717) is 29.2 Å². The minimum absolute atomic E-state index is 0.0822. The molecule has 0 unspecified atom stereocenters. The number of fused-ring (bicyclic) bond motifs is 5. The molecule has 0 aromatic heterocycles. The Morgan fingerprint density at radius 2 is 2.00 bits per heavy atom. The van der Waals surface area contributed by atoms with Crippen LogP contribution in [0, 0.1) is 28.6 Å². The molecule has 144 valence electrons. The number of ketones is 1. The third-order valence-corrected chi connectivity index (χ3v) is 9.10. The topological polar surface area (TPSA) is 49.7 Å². The van der Waals surface area contributed by atoms with Crippen molar-refractivity contribution in [1.29, 1.82) is 0 Å². The molecule has 0 aromatic carbocycles. The highest BCUT2D eigenvalue weighted by atomic mass is 32.2. The lowest BCUT2D eigenvalue weighted by Crippen LogP contribution is -2.54. The van der Waals surface area contributed by atoms with Crippen molar-refractivity contribution in [3.8, 4) is 0 Å². The normalized spacial score (nSPS) is 45.7. The summed E-state index contributed by atoms with van der Waals surface area (Å²) in [6.45, 7) is 4.50. The Morgan fingerprint density at radius 3 is 2.69 bits per heavy atom. The third kappa shape index (κ3) is 2.48.